The van der Waals surface area contributed by atoms with Crippen molar-refractivity contribution >= 4 is 17.7 Å². The lowest BCUT2D eigenvalue weighted by molar-refractivity contribution is 0.0526. The van der Waals surface area contributed by atoms with Crippen LogP contribution in [0.3, 0.4) is 0 Å². The standard InChI is InChI=1S/C21H32N4O3/c1-3-28-20(26)18-6-8-19(9-7-18)22-21(27)25-10-4-5-17(16-25)15-24-13-11-23(2)12-14-24/h6-9,17H,3-5,10-16H2,1-2H3,(H,22,27)/t17-/m0/s1. The summed E-state index contributed by atoms with van der Waals surface area (Å²) in [7, 11) is 2.17. The highest BCUT2D eigenvalue weighted by Crippen LogP contribution is 2.20. The largest absolute Gasteiger partial charge is 0.462 e. The van der Waals surface area contributed by atoms with Crippen LogP contribution in [0.25, 0.3) is 0 Å². The smallest absolute Gasteiger partial charge is 0.338 e. The second kappa shape index (κ2) is 9.89. The molecule has 2 saturated heterocycles. The number of likely N-dealkylation sites (tertiary alicyclic amines) is 1. The van der Waals surface area contributed by atoms with Gasteiger partial charge in [-0.1, -0.05) is 0 Å². The molecule has 0 saturated carbocycles. The summed E-state index contributed by atoms with van der Waals surface area (Å²) in [6, 6.07) is 6.79. The number of carbonyl (C=O) groups is 2. The highest BCUT2D eigenvalue weighted by molar-refractivity contribution is 5.92. The van der Waals surface area contributed by atoms with Gasteiger partial charge in [0.25, 0.3) is 0 Å². The zero-order valence-electron chi connectivity index (χ0n) is 17.0. The summed E-state index contributed by atoms with van der Waals surface area (Å²) in [5, 5.41) is 2.95. The Morgan fingerprint density at radius 1 is 1.11 bits per heavy atom. The van der Waals surface area contributed by atoms with E-state index in [0.717, 1.165) is 52.2 Å². The van der Waals surface area contributed by atoms with Crippen LogP contribution < -0.4 is 5.32 Å². The third kappa shape index (κ3) is 5.69. The predicted octanol–water partition coefficient (Wildman–Crippen LogP) is 2.35. The highest BCUT2D eigenvalue weighted by Gasteiger charge is 2.26. The molecule has 0 aliphatic carbocycles. The molecular weight excluding hydrogens is 356 g/mol. The van der Waals surface area contributed by atoms with Gasteiger partial charge >= 0.3 is 12.0 Å². The number of amides is 2. The molecule has 7 nitrogen and oxygen atoms in total. The molecule has 1 N–H and O–H groups in total. The number of hydrogen-bond donors (Lipinski definition) is 1. The minimum absolute atomic E-state index is 0.0630. The van der Waals surface area contributed by atoms with Crippen LogP contribution in [0, 0.1) is 5.92 Å². The highest BCUT2D eigenvalue weighted by atomic mass is 16.5. The van der Waals surface area contributed by atoms with Crippen LogP contribution >= 0.6 is 0 Å². The second-order valence-electron chi connectivity index (χ2n) is 7.79. The fourth-order valence-corrected chi connectivity index (χ4v) is 3.90. The van der Waals surface area contributed by atoms with E-state index >= 15 is 0 Å². The molecule has 2 aliphatic heterocycles. The summed E-state index contributed by atoms with van der Waals surface area (Å²) in [6.07, 6.45) is 2.23. The third-order valence-electron chi connectivity index (χ3n) is 5.57. The van der Waals surface area contributed by atoms with Crippen molar-refractivity contribution in [3.05, 3.63) is 29.8 Å². The first-order valence-corrected chi connectivity index (χ1v) is 10.3. The molecule has 154 valence electrons. The van der Waals surface area contributed by atoms with Gasteiger partial charge in [0.15, 0.2) is 0 Å². The first-order chi connectivity index (χ1) is 13.5. The van der Waals surface area contributed by atoms with E-state index in [-0.39, 0.29) is 12.0 Å². The Bertz CT molecular complexity index is 656. The maximum atomic E-state index is 12.7. The van der Waals surface area contributed by atoms with Crippen LogP contribution in [0.2, 0.25) is 0 Å². The van der Waals surface area contributed by atoms with E-state index in [1.165, 1.54) is 6.42 Å². The Morgan fingerprint density at radius 2 is 1.82 bits per heavy atom. The van der Waals surface area contributed by atoms with Gasteiger partial charge in [0.1, 0.15) is 0 Å². The van der Waals surface area contributed by atoms with Crippen LogP contribution in [0.1, 0.15) is 30.1 Å². The number of urea groups is 1. The quantitative estimate of drug-likeness (QED) is 0.785. The van der Waals surface area contributed by atoms with E-state index in [2.05, 4.69) is 22.2 Å². The number of carbonyl (C=O) groups excluding carboxylic acids is 2. The first-order valence-electron chi connectivity index (χ1n) is 10.3. The molecule has 1 aromatic carbocycles. The summed E-state index contributed by atoms with van der Waals surface area (Å²) in [4.78, 5) is 31.2. The van der Waals surface area contributed by atoms with Crippen LogP contribution in [-0.4, -0.2) is 86.2 Å². The Balaban J connectivity index is 1.49. The zero-order valence-corrected chi connectivity index (χ0v) is 17.0. The number of hydrogen-bond acceptors (Lipinski definition) is 5. The number of ether oxygens (including phenoxy) is 1. The van der Waals surface area contributed by atoms with E-state index < -0.39 is 0 Å². The Kier molecular flexibility index (Phi) is 7.28. The van der Waals surface area contributed by atoms with Gasteiger partial charge in [-0.25, -0.2) is 9.59 Å². The summed E-state index contributed by atoms with van der Waals surface area (Å²) in [6.45, 7) is 9.29. The molecule has 2 amide bonds. The molecule has 28 heavy (non-hydrogen) atoms. The average molecular weight is 389 g/mol. The first kappa shape index (κ1) is 20.6. The molecule has 1 aromatic rings. The van der Waals surface area contributed by atoms with Crippen molar-refractivity contribution in [2.75, 3.05) is 64.8 Å². The second-order valence-corrected chi connectivity index (χ2v) is 7.79. The van der Waals surface area contributed by atoms with E-state index in [1.807, 2.05) is 4.90 Å². The number of piperidine rings is 1. The fraction of sp³-hybridized carbons (Fsp3) is 0.619. The number of esters is 1. The number of benzene rings is 1. The number of anilines is 1. The molecular formula is C21H32N4O3. The van der Waals surface area contributed by atoms with E-state index in [1.54, 1.807) is 31.2 Å². The van der Waals surface area contributed by atoms with Crippen molar-refractivity contribution in [2.24, 2.45) is 5.92 Å². The number of nitrogens with zero attached hydrogens (tertiary/aromatic N) is 3. The summed E-state index contributed by atoms with van der Waals surface area (Å²) in [5.41, 5.74) is 1.18. The maximum Gasteiger partial charge on any atom is 0.338 e. The van der Waals surface area contributed by atoms with E-state index in [9.17, 15) is 9.59 Å². The molecule has 2 aliphatic rings. The lowest BCUT2D eigenvalue weighted by Crippen LogP contribution is -2.49. The van der Waals surface area contributed by atoms with Gasteiger partial charge in [-0.2, -0.15) is 0 Å². The maximum absolute atomic E-state index is 12.7. The normalized spacial score (nSPS) is 21.4. The number of nitrogens with one attached hydrogen (secondary N) is 1. The lowest BCUT2D eigenvalue weighted by Gasteiger charge is -2.38. The van der Waals surface area contributed by atoms with Crippen LogP contribution in [0.15, 0.2) is 24.3 Å². The minimum atomic E-state index is -0.344. The lowest BCUT2D eigenvalue weighted by atomic mass is 9.97. The Hall–Kier alpha value is -2.12. The SMILES string of the molecule is CCOC(=O)c1ccc(NC(=O)N2CCC[C@@H](CN3CCN(C)CC3)C2)cc1. The molecule has 2 fully saturated rings. The minimum Gasteiger partial charge on any atom is -0.462 e. The van der Waals surface area contributed by atoms with Gasteiger partial charge in [-0.3, -0.25) is 0 Å². The molecule has 3 rings (SSSR count). The summed E-state index contributed by atoms with van der Waals surface area (Å²) in [5.74, 6) is 0.192. The molecule has 0 unspecified atom stereocenters. The van der Waals surface area contributed by atoms with Crippen molar-refractivity contribution in [1.29, 1.82) is 0 Å². The van der Waals surface area contributed by atoms with Crippen molar-refractivity contribution in [2.45, 2.75) is 19.8 Å². The molecule has 7 heteroatoms. The van der Waals surface area contributed by atoms with Gasteiger partial charge in [0.05, 0.1) is 12.2 Å². The molecule has 0 bridgehead atoms. The molecule has 0 radical (unpaired) electrons. The summed E-state index contributed by atoms with van der Waals surface area (Å²) < 4.78 is 4.98. The monoisotopic (exact) mass is 388 g/mol. The van der Waals surface area contributed by atoms with Crippen LogP contribution in [0.5, 0.6) is 0 Å². The van der Waals surface area contributed by atoms with Gasteiger partial charge in [0.2, 0.25) is 0 Å². The van der Waals surface area contributed by atoms with Gasteiger partial charge in [-0.15, -0.1) is 0 Å². The fourth-order valence-electron chi connectivity index (χ4n) is 3.90. The van der Waals surface area contributed by atoms with E-state index in [4.69, 9.17) is 4.74 Å². The van der Waals surface area contributed by atoms with Gasteiger partial charge in [-0.05, 0) is 57.0 Å². The van der Waals surface area contributed by atoms with Crippen molar-refractivity contribution in [3.8, 4) is 0 Å². The Labute approximate surface area is 167 Å². The third-order valence-corrected chi connectivity index (χ3v) is 5.57. The number of piperazine rings is 1. The van der Waals surface area contributed by atoms with Crippen LogP contribution in [0.4, 0.5) is 10.5 Å². The molecule has 0 aromatic heterocycles. The van der Waals surface area contributed by atoms with Crippen molar-refractivity contribution in [1.82, 2.24) is 14.7 Å². The summed E-state index contributed by atoms with van der Waals surface area (Å²) >= 11 is 0. The van der Waals surface area contributed by atoms with Gasteiger partial charge in [0, 0.05) is 51.5 Å². The Morgan fingerprint density at radius 3 is 2.50 bits per heavy atom. The molecule has 0 spiro atoms. The van der Waals surface area contributed by atoms with Gasteiger partial charge < -0.3 is 24.8 Å². The molecule has 2 heterocycles. The zero-order chi connectivity index (χ0) is 19.9. The number of rotatable bonds is 5. The van der Waals surface area contributed by atoms with Crippen LogP contribution in [-0.2, 0) is 4.74 Å². The van der Waals surface area contributed by atoms with Crippen molar-refractivity contribution in [3.63, 3.8) is 0 Å². The van der Waals surface area contributed by atoms with E-state index in [0.29, 0.717) is 23.8 Å². The van der Waals surface area contributed by atoms with Crippen molar-refractivity contribution < 1.29 is 14.3 Å². The molecule has 1 atom stereocenters. The number of likely N-dealkylation sites (N-methyl/N-ethyl adjacent to an activating group) is 1. The average Bonchev–Trinajstić information content (AvgIpc) is 2.71. The topological polar surface area (TPSA) is 65.1 Å². The predicted molar refractivity (Wildman–Crippen MR) is 110 cm³/mol.